The summed E-state index contributed by atoms with van der Waals surface area (Å²) in [7, 11) is -3.73. The smallest absolute Gasteiger partial charge is 0.247 e. The monoisotopic (exact) mass is 435 g/mol. The highest BCUT2D eigenvalue weighted by atomic mass is 79.9. The molecule has 26 heavy (non-hydrogen) atoms. The molecule has 2 aromatic carbocycles. The molecule has 0 N–H and O–H groups in total. The van der Waals surface area contributed by atoms with Crippen molar-refractivity contribution >= 4 is 26.0 Å². The predicted molar refractivity (Wildman–Crippen MR) is 102 cm³/mol. The van der Waals surface area contributed by atoms with Gasteiger partial charge in [0.15, 0.2) is 0 Å². The van der Waals surface area contributed by atoms with Crippen LogP contribution >= 0.6 is 15.9 Å². The zero-order chi connectivity index (χ0) is 18.7. The van der Waals surface area contributed by atoms with E-state index in [0.29, 0.717) is 10.4 Å². The van der Waals surface area contributed by atoms with Crippen LogP contribution in [0.25, 0.3) is 11.5 Å². The summed E-state index contributed by atoms with van der Waals surface area (Å²) < 4.78 is 33.7. The number of benzene rings is 2. The van der Waals surface area contributed by atoms with Crippen molar-refractivity contribution in [3.05, 3.63) is 65.0 Å². The Labute approximate surface area is 161 Å². The van der Waals surface area contributed by atoms with Gasteiger partial charge in [-0.15, -0.1) is 10.2 Å². The highest BCUT2D eigenvalue weighted by molar-refractivity contribution is 9.10. The van der Waals surface area contributed by atoms with Crippen molar-refractivity contribution in [3.63, 3.8) is 0 Å². The number of halogens is 1. The Morgan fingerprint density at radius 2 is 1.69 bits per heavy atom. The second kappa shape index (κ2) is 7.69. The molecule has 0 atom stereocenters. The van der Waals surface area contributed by atoms with Gasteiger partial charge in [-0.3, -0.25) is 0 Å². The molecule has 0 saturated carbocycles. The largest absolute Gasteiger partial charge is 0.419 e. The van der Waals surface area contributed by atoms with Gasteiger partial charge in [0.1, 0.15) is 0 Å². The number of hydrogen-bond donors (Lipinski definition) is 0. The van der Waals surface area contributed by atoms with Gasteiger partial charge in [0, 0.05) is 16.1 Å². The van der Waals surface area contributed by atoms with Crippen molar-refractivity contribution in [3.8, 4) is 11.5 Å². The van der Waals surface area contributed by atoms with E-state index < -0.39 is 10.0 Å². The van der Waals surface area contributed by atoms with E-state index in [1.54, 1.807) is 24.3 Å². The van der Waals surface area contributed by atoms with Crippen LogP contribution in [0, 0.1) is 0 Å². The molecule has 0 aliphatic heterocycles. The Kier molecular flexibility index (Phi) is 5.55. The lowest BCUT2D eigenvalue weighted by molar-refractivity contribution is 0.313. The van der Waals surface area contributed by atoms with Crippen molar-refractivity contribution in [2.75, 3.05) is 0 Å². The van der Waals surface area contributed by atoms with Gasteiger partial charge in [-0.2, -0.15) is 4.31 Å². The SMILES string of the molecule is CC(C)N(Cc1nnc(-c2ccccc2)o1)S(=O)(=O)c1ccccc1Br. The molecule has 136 valence electrons. The van der Waals surface area contributed by atoms with Gasteiger partial charge >= 0.3 is 0 Å². The minimum absolute atomic E-state index is 0.00116. The topological polar surface area (TPSA) is 76.3 Å². The summed E-state index contributed by atoms with van der Waals surface area (Å²) in [6.07, 6.45) is 0. The Hall–Kier alpha value is -2.03. The summed E-state index contributed by atoms with van der Waals surface area (Å²) in [6.45, 7) is 3.62. The minimum atomic E-state index is -3.73. The molecule has 3 aromatic rings. The number of hydrogen-bond acceptors (Lipinski definition) is 5. The van der Waals surface area contributed by atoms with Crippen LogP contribution in [-0.4, -0.2) is 29.0 Å². The highest BCUT2D eigenvalue weighted by Crippen LogP contribution is 2.27. The van der Waals surface area contributed by atoms with Gasteiger partial charge < -0.3 is 4.42 Å². The molecule has 1 heterocycles. The Balaban J connectivity index is 1.91. The van der Waals surface area contributed by atoms with Crippen molar-refractivity contribution in [2.45, 2.75) is 31.3 Å². The number of aromatic nitrogens is 2. The normalized spacial score (nSPS) is 12.0. The molecule has 0 bridgehead atoms. The standard InChI is InChI=1S/C18H18BrN3O3S/c1-13(2)22(26(23,24)16-11-7-6-10-15(16)19)12-17-20-21-18(25-17)14-8-4-3-5-9-14/h3-11,13H,12H2,1-2H3. The molecule has 0 saturated heterocycles. The third-order valence-electron chi connectivity index (χ3n) is 3.78. The quantitative estimate of drug-likeness (QED) is 0.582. The molecule has 0 amide bonds. The Morgan fingerprint density at radius 3 is 2.35 bits per heavy atom. The molecule has 0 aliphatic carbocycles. The fourth-order valence-corrected chi connectivity index (χ4v) is 5.03. The maximum Gasteiger partial charge on any atom is 0.247 e. The molecule has 8 heteroatoms. The van der Waals surface area contributed by atoms with E-state index in [1.807, 2.05) is 44.2 Å². The fraction of sp³-hybridized carbons (Fsp3) is 0.222. The molecule has 1 aromatic heterocycles. The number of nitrogens with zero attached hydrogens (tertiary/aromatic N) is 3. The predicted octanol–water partition coefficient (Wildman–Crippen LogP) is 4.10. The summed E-state index contributed by atoms with van der Waals surface area (Å²) in [4.78, 5) is 0.205. The van der Waals surface area contributed by atoms with Crippen LogP contribution in [0.3, 0.4) is 0 Å². The van der Waals surface area contributed by atoms with Gasteiger partial charge in [-0.05, 0) is 54.0 Å². The zero-order valence-electron chi connectivity index (χ0n) is 14.3. The lowest BCUT2D eigenvalue weighted by atomic mass is 10.2. The fourth-order valence-electron chi connectivity index (χ4n) is 2.47. The molecule has 3 rings (SSSR count). The first kappa shape index (κ1) is 18.8. The van der Waals surface area contributed by atoms with Crippen molar-refractivity contribution in [1.82, 2.24) is 14.5 Å². The molecule has 0 unspecified atom stereocenters. The van der Waals surface area contributed by atoms with E-state index >= 15 is 0 Å². The second-order valence-electron chi connectivity index (χ2n) is 5.94. The highest BCUT2D eigenvalue weighted by Gasteiger charge is 2.30. The zero-order valence-corrected chi connectivity index (χ0v) is 16.7. The van der Waals surface area contributed by atoms with Crippen LogP contribution in [0.5, 0.6) is 0 Å². The van der Waals surface area contributed by atoms with E-state index in [2.05, 4.69) is 26.1 Å². The summed E-state index contributed by atoms with van der Waals surface area (Å²) in [5.74, 6) is 0.607. The average Bonchev–Trinajstić information content (AvgIpc) is 3.09. The molecule has 0 aliphatic rings. The number of rotatable bonds is 6. The summed E-state index contributed by atoms with van der Waals surface area (Å²) in [5, 5.41) is 8.03. The first-order chi connectivity index (χ1) is 12.4. The molecule has 0 spiro atoms. The lowest BCUT2D eigenvalue weighted by Gasteiger charge is -2.24. The van der Waals surface area contributed by atoms with E-state index in [1.165, 1.54) is 4.31 Å². The minimum Gasteiger partial charge on any atom is -0.419 e. The summed E-state index contributed by atoms with van der Waals surface area (Å²) in [5.41, 5.74) is 0.788. The summed E-state index contributed by atoms with van der Waals surface area (Å²) in [6, 6.07) is 15.8. The summed E-state index contributed by atoms with van der Waals surface area (Å²) >= 11 is 3.31. The maximum absolute atomic E-state index is 13.1. The molecule has 0 radical (unpaired) electrons. The van der Waals surface area contributed by atoms with E-state index in [9.17, 15) is 8.42 Å². The van der Waals surface area contributed by atoms with Gasteiger partial charge in [-0.1, -0.05) is 30.3 Å². The van der Waals surface area contributed by atoms with E-state index in [-0.39, 0.29) is 23.4 Å². The van der Waals surface area contributed by atoms with Crippen LogP contribution in [0.1, 0.15) is 19.7 Å². The van der Waals surface area contributed by atoms with Crippen molar-refractivity contribution < 1.29 is 12.8 Å². The van der Waals surface area contributed by atoms with Crippen molar-refractivity contribution in [2.24, 2.45) is 0 Å². The Morgan fingerprint density at radius 1 is 1.04 bits per heavy atom. The average molecular weight is 436 g/mol. The van der Waals surface area contributed by atoms with Crippen LogP contribution in [0.15, 0.2) is 68.4 Å². The second-order valence-corrected chi connectivity index (χ2v) is 8.65. The molecular formula is C18H18BrN3O3S. The third kappa shape index (κ3) is 3.87. The van der Waals surface area contributed by atoms with Gasteiger partial charge in [0.2, 0.25) is 21.8 Å². The van der Waals surface area contributed by atoms with E-state index in [4.69, 9.17) is 4.42 Å². The lowest BCUT2D eigenvalue weighted by Crippen LogP contribution is -2.36. The van der Waals surface area contributed by atoms with Gasteiger partial charge in [0.25, 0.3) is 0 Å². The third-order valence-corrected chi connectivity index (χ3v) is 6.81. The maximum atomic E-state index is 13.1. The van der Waals surface area contributed by atoms with E-state index in [0.717, 1.165) is 5.56 Å². The molecule has 0 fully saturated rings. The van der Waals surface area contributed by atoms with Gasteiger partial charge in [-0.25, -0.2) is 8.42 Å². The first-order valence-electron chi connectivity index (χ1n) is 8.04. The van der Waals surface area contributed by atoms with Crippen molar-refractivity contribution in [1.29, 1.82) is 0 Å². The first-order valence-corrected chi connectivity index (χ1v) is 10.3. The van der Waals surface area contributed by atoms with Crippen LogP contribution in [0.2, 0.25) is 0 Å². The van der Waals surface area contributed by atoms with Crippen LogP contribution in [0.4, 0.5) is 0 Å². The van der Waals surface area contributed by atoms with Gasteiger partial charge in [0.05, 0.1) is 11.4 Å². The number of sulfonamides is 1. The van der Waals surface area contributed by atoms with Crippen LogP contribution < -0.4 is 0 Å². The molecule has 6 nitrogen and oxygen atoms in total. The Bertz CT molecular complexity index is 988. The van der Waals surface area contributed by atoms with Crippen LogP contribution in [-0.2, 0) is 16.6 Å². The molecular weight excluding hydrogens is 418 g/mol.